The zero-order valence-corrected chi connectivity index (χ0v) is 8.24. The Bertz CT molecular complexity index is 478. The Morgan fingerprint density at radius 1 is 1.47 bits per heavy atom. The Balaban J connectivity index is 2.27. The van der Waals surface area contributed by atoms with Crippen LogP contribution in [0.5, 0.6) is 0 Å². The van der Waals surface area contributed by atoms with E-state index in [-0.39, 0.29) is 12.5 Å². The lowest BCUT2D eigenvalue weighted by atomic mass is 10.2. The molecule has 3 N–H and O–H groups in total. The first kappa shape index (κ1) is 9.60. The highest BCUT2D eigenvalue weighted by Gasteiger charge is 2.06. The van der Waals surface area contributed by atoms with E-state index in [2.05, 4.69) is 26.0 Å². The average molecular weight is 205 g/mol. The van der Waals surface area contributed by atoms with Crippen LogP contribution in [0.3, 0.4) is 0 Å². The molecule has 0 spiro atoms. The van der Waals surface area contributed by atoms with Gasteiger partial charge in [-0.05, 0) is 19.2 Å². The number of para-hydroxylation sites is 1. The van der Waals surface area contributed by atoms with Crippen LogP contribution in [-0.4, -0.2) is 34.9 Å². The summed E-state index contributed by atoms with van der Waals surface area (Å²) in [6.07, 6.45) is 0. The molecule has 0 saturated carbocycles. The lowest BCUT2D eigenvalue weighted by Gasteiger charge is -2.04. The van der Waals surface area contributed by atoms with Crippen molar-refractivity contribution >= 4 is 22.6 Å². The third-order valence-corrected chi connectivity index (χ3v) is 1.96. The van der Waals surface area contributed by atoms with Gasteiger partial charge in [0.05, 0.1) is 12.2 Å². The SMILES string of the molecule is CNCC(=O)Nc1cccc2n[nH]nc12. The summed E-state index contributed by atoms with van der Waals surface area (Å²) in [5, 5.41) is 15.9. The van der Waals surface area contributed by atoms with E-state index < -0.39 is 0 Å². The third-order valence-electron chi connectivity index (χ3n) is 1.96. The fourth-order valence-electron chi connectivity index (χ4n) is 1.32. The topological polar surface area (TPSA) is 82.7 Å². The van der Waals surface area contributed by atoms with Gasteiger partial charge in [0.1, 0.15) is 11.0 Å². The van der Waals surface area contributed by atoms with Crippen molar-refractivity contribution in [2.45, 2.75) is 0 Å². The molecule has 2 aromatic rings. The van der Waals surface area contributed by atoms with Crippen LogP contribution < -0.4 is 10.6 Å². The molecule has 0 aliphatic heterocycles. The van der Waals surface area contributed by atoms with Gasteiger partial charge in [0, 0.05) is 0 Å². The fourth-order valence-corrected chi connectivity index (χ4v) is 1.32. The van der Waals surface area contributed by atoms with Crippen LogP contribution in [0, 0.1) is 0 Å². The van der Waals surface area contributed by atoms with Crippen molar-refractivity contribution in [3.63, 3.8) is 0 Å². The minimum absolute atomic E-state index is 0.104. The van der Waals surface area contributed by atoms with Gasteiger partial charge in [-0.1, -0.05) is 6.07 Å². The number of H-pyrrole nitrogens is 1. The van der Waals surface area contributed by atoms with Gasteiger partial charge in [-0.15, -0.1) is 0 Å². The van der Waals surface area contributed by atoms with Crippen LogP contribution in [0.25, 0.3) is 11.0 Å². The molecule has 0 fully saturated rings. The van der Waals surface area contributed by atoms with Crippen molar-refractivity contribution in [2.24, 2.45) is 0 Å². The molecule has 0 aliphatic rings. The number of carbonyl (C=O) groups excluding carboxylic acids is 1. The molecule has 78 valence electrons. The number of aromatic nitrogens is 3. The molecule has 6 heteroatoms. The molecule has 1 aromatic carbocycles. The smallest absolute Gasteiger partial charge is 0.238 e. The Hall–Kier alpha value is -1.95. The number of rotatable bonds is 3. The van der Waals surface area contributed by atoms with Gasteiger partial charge in [0.2, 0.25) is 5.91 Å². The Labute approximate surface area is 86.1 Å². The summed E-state index contributed by atoms with van der Waals surface area (Å²) in [5.74, 6) is -0.104. The van der Waals surface area contributed by atoms with Crippen molar-refractivity contribution in [1.29, 1.82) is 0 Å². The molecule has 0 radical (unpaired) electrons. The van der Waals surface area contributed by atoms with E-state index in [1.807, 2.05) is 12.1 Å². The zero-order valence-electron chi connectivity index (χ0n) is 8.24. The summed E-state index contributed by atoms with van der Waals surface area (Å²) >= 11 is 0. The fraction of sp³-hybridized carbons (Fsp3) is 0.222. The summed E-state index contributed by atoms with van der Waals surface area (Å²) in [5.41, 5.74) is 2.07. The number of carbonyl (C=O) groups is 1. The molecule has 6 nitrogen and oxygen atoms in total. The summed E-state index contributed by atoms with van der Waals surface area (Å²) in [7, 11) is 1.72. The zero-order chi connectivity index (χ0) is 10.7. The molecular weight excluding hydrogens is 194 g/mol. The number of aromatic amines is 1. The Morgan fingerprint density at radius 3 is 3.13 bits per heavy atom. The molecule has 0 atom stereocenters. The van der Waals surface area contributed by atoms with Gasteiger partial charge in [0.25, 0.3) is 0 Å². The first-order chi connectivity index (χ1) is 7.31. The Morgan fingerprint density at radius 2 is 2.33 bits per heavy atom. The Kier molecular flexibility index (Phi) is 2.59. The number of fused-ring (bicyclic) bond motifs is 1. The van der Waals surface area contributed by atoms with Crippen LogP contribution in [0.1, 0.15) is 0 Å². The van der Waals surface area contributed by atoms with Gasteiger partial charge in [0.15, 0.2) is 0 Å². The minimum atomic E-state index is -0.104. The molecule has 0 aliphatic carbocycles. The lowest BCUT2D eigenvalue weighted by molar-refractivity contribution is -0.115. The molecular formula is C9H11N5O. The number of hydrogen-bond donors (Lipinski definition) is 3. The second kappa shape index (κ2) is 4.05. The molecule has 0 unspecified atom stereocenters. The van der Waals surface area contributed by atoms with Gasteiger partial charge in [-0.3, -0.25) is 4.79 Å². The molecule has 1 heterocycles. The molecule has 15 heavy (non-hydrogen) atoms. The standard InChI is InChI=1S/C9H11N5O/c1-10-5-8(15)11-6-3-2-4-7-9(6)13-14-12-7/h2-4,10H,5H2,1H3,(H,11,15)(H,12,13,14). The third kappa shape index (κ3) is 1.94. The van der Waals surface area contributed by atoms with Crippen molar-refractivity contribution in [2.75, 3.05) is 18.9 Å². The molecule has 1 amide bonds. The van der Waals surface area contributed by atoms with Crippen molar-refractivity contribution < 1.29 is 4.79 Å². The largest absolute Gasteiger partial charge is 0.323 e. The number of amides is 1. The van der Waals surface area contributed by atoms with Crippen molar-refractivity contribution in [3.05, 3.63) is 18.2 Å². The average Bonchev–Trinajstić information content (AvgIpc) is 2.67. The summed E-state index contributed by atoms with van der Waals surface area (Å²) in [4.78, 5) is 11.3. The maximum Gasteiger partial charge on any atom is 0.238 e. The highest BCUT2D eigenvalue weighted by atomic mass is 16.1. The first-order valence-electron chi connectivity index (χ1n) is 4.55. The minimum Gasteiger partial charge on any atom is -0.323 e. The lowest BCUT2D eigenvalue weighted by Crippen LogP contribution is -2.25. The number of likely N-dealkylation sites (N-methyl/N-ethyl adjacent to an activating group) is 1. The number of hydrogen-bond acceptors (Lipinski definition) is 4. The van der Waals surface area contributed by atoms with Gasteiger partial charge < -0.3 is 10.6 Å². The van der Waals surface area contributed by atoms with Gasteiger partial charge >= 0.3 is 0 Å². The predicted molar refractivity (Wildman–Crippen MR) is 56.4 cm³/mol. The highest BCUT2D eigenvalue weighted by Crippen LogP contribution is 2.18. The van der Waals surface area contributed by atoms with E-state index in [1.54, 1.807) is 13.1 Å². The predicted octanol–water partition coefficient (Wildman–Crippen LogP) is 0.116. The van der Waals surface area contributed by atoms with Crippen molar-refractivity contribution in [3.8, 4) is 0 Å². The molecule has 2 rings (SSSR count). The second-order valence-electron chi connectivity index (χ2n) is 3.08. The van der Waals surface area contributed by atoms with Crippen LogP contribution >= 0.6 is 0 Å². The molecule has 0 saturated heterocycles. The van der Waals surface area contributed by atoms with E-state index in [9.17, 15) is 4.79 Å². The van der Waals surface area contributed by atoms with E-state index in [1.165, 1.54) is 0 Å². The number of nitrogens with zero attached hydrogens (tertiary/aromatic N) is 2. The van der Waals surface area contributed by atoms with E-state index in [4.69, 9.17) is 0 Å². The molecule has 0 bridgehead atoms. The van der Waals surface area contributed by atoms with Crippen molar-refractivity contribution in [1.82, 2.24) is 20.7 Å². The summed E-state index contributed by atoms with van der Waals surface area (Å²) < 4.78 is 0. The van der Waals surface area contributed by atoms with Crippen LogP contribution in [-0.2, 0) is 4.79 Å². The maximum atomic E-state index is 11.3. The van der Waals surface area contributed by atoms with Crippen LogP contribution in [0.4, 0.5) is 5.69 Å². The van der Waals surface area contributed by atoms with E-state index in [0.29, 0.717) is 11.2 Å². The molecule has 1 aromatic heterocycles. The van der Waals surface area contributed by atoms with Gasteiger partial charge in [-0.25, -0.2) is 0 Å². The first-order valence-corrected chi connectivity index (χ1v) is 4.55. The number of benzene rings is 1. The maximum absolute atomic E-state index is 11.3. The normalized spacial score (nSPS) is 10.5. The second-order valence-corrected chi connectivity index (χ2v) is 3.08. The van der Waals surface area contributed by atoms with E-state index in [0.717, 1.165) is 5.52 Å². The highest BCUT2D eigenvalue weighted by molar-refractivity contribution is 5.99. The summed E-state index contributed by atoms with van der Waals surface area (Å²) in [6.45, 7) is 0.272. The summed E-state index contributed by atoms with van der Waals surface area (Å²) in [6, 6.07) is 5.44. The van der Waals surface area contributed by atoms with Crippen LogP contribution in [0.2, 0.25) is 0 Å². The monoisotopic (exact) mass is 205 g/mol. The van der Waals surface area contributed by atoms with E-state index >= 15 is 0 Å². The number of nitrogens with one attached hydrogen (secondary N) is 3. The quantitative estimate of drug-likeness (QED) is 0.664. The number of anilines is 1. The van der Waals surface area contributed by atoms with Crippen LogP contribution in [0.15, 0.2) is 18.2 Å². The van der Waals surface area contributed by atoms with Gasteiger partial charge in [-0.2, -0.15) is 15.4 Å².